The van der Waals surface area contributed by atoms with Gasteiger partial charge in [-0.1, -0.05) is 13.0 Å². The minimum absolute atomic E-state index is 0.00292. The Balaban J connectivity index is 2.42. The molecule has 0 aromatic heterocycles. The van der Waals surface area contributed by atoms with Crippen molar-refractivity contribution in [2.45, 2.75) is 19.1 Å². The summed E-state index contributed by atoms with van der Waals surface area (Å²) in [7, 11) is 1.37. The first-order valence-corrected chi connectivity index (χ1v) is 8.36. The quantitative estimate of drug-likeness (QED) is 0.486. The number of hydrogen-bond donors (Lipinski definition) is 2. The van der Waals surface area contributed by atoms with Gasteiger partial charge in [0.05, 0.1) is 17.8 Å². The van der Waals surface area contributed by atoms with Gasteiger partial charge in [-0.3, -0.25) is 19.7 Å². The normalized spacial score (nSPS) is 11.6. The number of amides is 1. The smallest absolute Gasteiger partial charge is 0.311 e. The fourth-order valence-corrected chi connectivity index (χ4v) is 2.74. The van der Waals surface area contributed by atoms with E-state index in [1.165, 1.54) is 31.0 Å². The van der Waals surface area contributed by atoms with Gasteiger partial charge in [-0.15, -0.1) is 11.8 Å². The van der Waals surface area contributed by atoms with E-state index in [1.54, 1.807) is 13.0 Å². The second-order valence-corrected chi connectivity index (χ2v) is 6.25. The molecule has 0 heterocycles. The number of nitrogens with one attached hydrogen (secondary N) is 1. The molecule has 9 heteroatoms. The number of carboxylic acid groups (broad SMARTS) is 1. The molecule has 1 unspecified atom stereocenters. The number of carboxylic acids is 1. The monoisotopic (exact) mass is 356 g/mol. The molecule has 0 saturated carbocycles. The summed E-state index contributed by atoms with van der Waals surface area (Å²) < 4.78 is 4.93. The summed E-state index contributed by atoms with van der Waals surface area (Å²) in [5.74, 6) is -0.394. The zero-order valence-corrected chi connectivity index (χ0v) is 14.3. The zero-order valence-electron chi connectivity index (χ0n) is 13.5. The van der Waals surface area contributed by atoms with E-state index < -0.39 is 10.9 Å². The van der Waals surface area contributed by atoms with Crippen molar-refractivity contribution in [3.05, 3.63) is 33.9 Å². The van der Waals surface area contributed by atoms with Crippen LogP contribution < -0.4 is 10.1 Å². The zero-order chi connectivity index (χ0) is 18.1. The third-order valence-corrected chi connectivity index (χ3v) is 4.12. The summed E-state index contributed by atoms with van der Waals surface area (Å²) in [6.45, 7) is 2.05. The Hall–Kier alpha value is -2.29. The van der Waals surface area contributed by atoms with Gasteiger partial charge in [0.25, 0.3) is 0 Å². The molecule has 24 heavy (non-hydrogen) atoms. The average Bonchev–Trinajstić information content (AvgIpc) is 2.52. The molecule has 1 aromatic rings. The van der Waals surface area contributed by atoms with Gasteiger partial charge in [0.2, 0.25) is 5.91 Å². The number of nitrogens with zero attached hydrogens (tertiary/aromatic N) is 1. The van der Waals surface area contributed by atoms with Crippen LogP contribution in [0.15, 0.2) is 18.2 Å². The molecule has 1 atom stereocenters. The van der Waals surface area contributed by atoms with Crippen LogP contribution in [0.2, 0.25) is 0 Å². The van der Waals surface area contributed by atoms with Crippen molar-refractivity contribution in [1.29, 1.82) is 0 Å². The highest BCUT2D eigenvalue weighted by Crippen LogP contribution is 2.28. The van der Waals surface area contributed by atoms with Gasteiger partial charge in [0.15, 0.2) is 5.75 Å². The number of carbonyl (C=O) groups excluding carboxylic acids is 1. The molecule has 0 saturated heterocycles. The number of benzene rings is 1. The lowest BCUT2D eigenvalue weighted by atomic mass is 10.1. The van der Waals surface area contributed by atoms with Crippen molar-refractivity contribution in [3.63, 3.8) is 0 Å². The molecule has 0 radical (unpaired) electrons. The topological polar surface area (TPSA) is 119 Å². The van der Waals surface area contributed by atoms with E-state index in [9.17, 15) is 19.7 Å². The third kappa shape index (κ3) is 6.86. The molecule has 0 aliphatic heterocycles. The lowest BCUT2D eigenvalue weighted by molar-refractivity contribution is -0.385. The van der Waals surface area contributed by atoms with E-state index in [4.69, 9.17) is 9.84 Å². The number of nitro groups is 1. The van der Waals surface area contributed by atoms with Crippen molar-refractivity contribution >= 4 is 29.3 Å². The number of aliphatic carboxylic acids is 1. The third-order valence-electron chi connectivity index (χ3n) is 3.11. The van der Waals surface area contributed by atoms with Crippen LogP contribution in [0, 0.1) is 16.0 Å². The maximum absolute atomic E-state index is 11.7. The summed E-state index contributed by atoms with van der Waals surface area (Å²) >= 11 is 1.32. The number of thioether (sulfide) groups is 1. The van der Waals surface area contributed by atoms with Gasteiger partial charge in [-0.2, -0.15) is 0 Å². The second kappa shape index (κ2) is 9.76. The van der Waals surface area contributed by atoms with Crippen LogP contribution in [0.1, 0.15) is 18.9 Å². The highest BCUT2D eigenvalue weighted by molar-refractivity contribution is 7.99. The fourth-order valence-electron chi connectivity index (χ4n) is 1.94. The lowest BCUT2D eigenvalue weighted by Crippen LogP contribution is -2.30. The predicted octanol–water partition coefficient (Wildman–Crippen LogP) is 2.06. The maximum Gasteiger partial charge on any atom is 0.311 e. The first kappa shape index (κ1) is 19.8. The van der Waals surface area contributed by atoms with Crippen molar-refractivity contribution in [2.75, 3.05) is 19.4 Å². The van der Waals surface area contributed by atoms with Crippen molar-refractivity contribution in [1.82, 2.24) is 5.32 Å². The number of methoxy groups -OCH3 is 1. The van der Waals surface area contributed by atoms with Crippen molar-refractivity contribution in [2.24, 2.45) is 5.92 Å². The number of ether oxygens (including phenoxy) is 1. The average molecular weight is 356 g/mol. The molecule has 0 aliphatic rings. The maximum atomic E-state index is 11.7. The fraction of sp³-hybridized carbons (Fsp3) is 0.467. The molecule has 0 spiro atoms. The molecule has 1 aromatic carbocycles. The van der Waals surface area contributed by atoms with Crippen LogP contribution >= 0.6 is 11.8 Å². The van der Waals surface area contributed by atoms with Gasteiger partial charge in [0.1, 0.15) is 0 Å². The van der Waals surface area contributed by atoms with Crippen LogP contribution in [0.25, 0.3) is 0 Å². The Morgan fingerprint density at radius 2 is 2.17 bits per heavy atom. The molecular formula is C15H20N2O6S. The Labute approximate surface area is 143 Å². The van der Waals surface area contributed by atoms with Crippen molar-refractivity contribution in [3.8, 4) is 5.75 Å². The molecule has 8 nitrogen and oxygen atoms in total. The molecule has 2 N–H and O–H groups in total. The van der Waals surface area contributed by atoms with E-state index in [2.05, 4.69) is 5.32 Å². The Morgan fingerprint density at radius 1 is 1.46 bits per heavy atom. The van der Waals surface area contributed by atoms with Gasteiger partial charge in [-0.05, 0) is 17.5 Å². The first-order chi connectivity index (χ1) is 11.3. The molecule has 0 fully saturated rings. The molecular weight excluding hydrogens is 336 g/mol. The standard InChI is InChI=1S/C15H20N2O6S/c1-10(5-15(19)20)7-16-14(18)9-24-8-11-3-4-13(23-2)12(6-11)17(21)22/h3-4,6,10H,5,7-9H2,1-2H3,(H,16,18)(H,19,20). The Morgan fingerprint density at radius 3 is 2.75 bits per heavy atom. The Bertz CT molecular complexity index is 608. The van der Waals surface area contributed by atoms with Crippen LogP contribution in [-0.2, 0) is 15.3 Å². The molecule has 0 bridgehead atoms. The van der Waals surface area contributed by atoms with Crippen LogP contribution in [-0.4, -0.2) is 41.3 Å². The minimum Gasteiger partial charge on any atom is -0.490 e. The van der Waals surface area contributed by atoms with Gasteiger partial charge in [-0.25, -0.2) is 0 Å². The van der Waals surface area contributed by atoms with Crippen LogP contribution in [0.5, 0.6) is 5.75 Å². The van der Waals surface area contributed by atoms with Crippen molar-refractivity contribution < 1.29 is 24.4 Å². The summed E-state index contributed by atoms with van der Waals surface area (Å²) in [5, 5.41) is 22.3. The number of carbonyl (C=O) groups is 2. The van der Waals surface area contributed by atoms with E-state index in [1.807, 2.05) is 0 Å². The van der Waals surface area contributed by atoms with Gasteiger partial charge < -0.3 is 15.2 Å². The van der Waals surface area contributed by atoms with Gasteiger partial charge >= 0.3 is 11.7 Å². The largest absolute Gasteiger partial charge is 0.490 e. The summed E-state index contributed by atoms with van der Waals surface area (Å²) in [6, 6.07) is 4.67. The first-order valence-electron chi connectivity index (χ1n) is 7.21. The summed E-state index contributed by atoms with van der Waals surface area (Å²) in [4.78, 5) is 32.7. The summed E-state index contributed by atoms with van der Waals surface area (Å²) in [5.41, 5.74) is 0.613. The SMILES string of the molecule is COc1ccc(CSCC(=O)NCC(C)CC(=O)O)cc1[N+](=O)[O-]. The van der Waals surface area contributed by atoms with Crippen LogP contribution in [0.4, 0.5) is 5.69 Å². The van der Waals surface area contributed by atoms with Crippen LogP contribution in [0.3, 0.4) is 0 Å². The molecule has 1 amide bonds. The number of hydrogen-bond acceptors (Lipinski definition) is 6. The van der Waals surface area contributed by atoms with E-state index in [0.29, 0.717) is 12.3 Å². The van der Waals surface area contributed by atoms with E-state index in [0.717, 1.165) is 5.56 Å². The summed E-state index contributed by atoms with van der Waals surface area (Å²) in [6.07, 6.45) is 0.00292. The molecule has 1 rings (SSSR count). The Kier molecular flexibility index (Phi) is 8.03. The molecule has 132 valence electrons. The van der Waals surface area contributed by atoms with E-state index >= 15 is 0 Å². The lowest BCUT2D eigenvalue weighted by Gasteiger charge is -2.10. The highest BCUT2D eigenvalue weighted by Gasteiger charge is 2.15. The predicted molar refractivity (Wildman–Crippen MR) is 90.2 cm³/mol. The second-order valence-electron chi connectivity index (χ2n) is 5.26. The number of nitro benzene ring substituents is 1. The number of rotatable bonds is 10. The molecule has 0 aliphatic carbocycles. The minimum atomic E-state index is -0.896. The highest BCUT2D eigenvalue weighted by atomic mass is 32.2. The van der Waals surface area contributed by atoms with E-state index in [-0.39, 0.29) is 35.4 Å². The van der Waals surface area contributed by atoms with Gasteiger partial charge in [0, 0.05) is 24.8 Å².